The predicted octanol–water partition coefficient (Wildman–Crippen LogP) is 2.32. The lowest BCUT2D eigenvalue weighted by Gasteiger charge is -2.03. The lowest BCUT2D eigenvalue weighted by atomic mass is 10.2. The van der Waals surface area contributed by atoms with Crippen LogP contribution in [-0.4, -0.2) is 23.0 Å². The van der Waals surface area contributed by atoms with Crippen molar-refractivity contribution in [2.45, 2.75) is 6.92 Å². The fourth-order valence-electron chi connectivity index (χ4n) is 1.82. The van der Waals surface area contributed by atoms with Crippen LogP contribution < -0.4 is 10.7 Å². The van der Waals surface area contributed by atoms with E-state index < -0.39 is 10.8 Å². The highest BCUT2D eigenvalue weighted by molar-refractivity contribution is 5.96. The zero-order valence-corrected chi connectivity index (χ0v) is 12.7. The van der Waals surface area contributed by atoms with Gasteiger partial charge in [0.05, 0.1) is 11.1 Å². The van der Waals surface area contributed by atoms with Gasteiger partial charge < -0.3 is 5.32 Å². The number of hydrazone groups is 1. The molecule has 0 atom stereocenters. The van der Waals surface area contributed by atoms with Crippen molar-refractivity contribution < 1.29 is 14.5 Å². The van der Waals surface area contributed by atoms with Crippen molar-refractivity contribution in [3.63, 3.8) is 0 Å². The smallest absolute Gasteiger partial charge is 0.271 e. The third-order valence-corrected chi connectivity index (χ3v) is 2.95. The second-order valence-electron chi connectivity index (χ2n) is 4.81. The molecule has 24 heavy (non-hydrogen) atoms. The Balaban J connectivity index is 1.94. The molecule has 0 radical (unpaired) electrons. The quantitative estimate of drug-likeness (QED) is 0.498. The van der Waals surface area contributed by atoms with Crippen LogP contribution in [0, 0.1) is 10.1 Å². The summed E-state index contributed by atoms with van der Waals surface area (Å²) >= 11 is 0. The molecule has 0 aliphatic heterocycles. The molecule has 8 nitrogen and oxygen atoms in total. The summed E-state index contributed by atoms with van der Waals surface area (Å²) in [5.74, 6) is -0.609. The number of hydrogen-bond donors (Lipinski definition) is 2. The molecule has 0 saturated heterocycles. The molecule has 8 heteroatoms. The van der Waals surface area contributed by atoms with Crippen molar-refractivity contribution in [3.05, 3.63) is 69.8 Å². The normalized spacial score (nSPS) is 10.4. The number of nitro groups is 1. The summed E-state index contributed by atoms with van der Waals surface area (Å²) in [7, 11) is 0. The van der Waals surface area contributed by atoms with E-state index in [1.165, 1.54) is 37.4 Å². The van der Waals surface area contributed by atoms with Gasteiger partial charge in [-0.25, -0.2) is 5.43 Å². The average molecular weight is 326 g/mol. The maximum absolute atomic E-state index is 11.9. The Morgan fingerprint density at radius 1 is 1.08 bits per heavy atom. The summed E-state index contributed by atoms with van der Waals surface area (Å²) in [6, 6.07) is 12.1. The molecule has 0 saturated carbocycles. The maximum Gasteiger partial charge on any atom is 0.271 e. The molecule has 0 aromatic heterocycles. The Bertz CT molecular complexity index is 783. The van der Waals surface area contributed by atoms with E-state index in [0.29, 0.717) is 16.8 Å². The maximum atomic E-state index is 11.9. The standard InChI is InChI=1S/C16H14N4O4/c1-11(21)18-14-6-4-13(5-7-14)16(22)19-17-10-12-2-8-15(9-3-12)20(23)24/h2-10H,1H3,(H,18,21)(H,19,22)/b17-10+. The molecular weight excluding hydrogens is 312 g/mol. The van der Waals surface area contributed by atoms with Gasteiger partial charge in [0.2, 0.25) is 5.91 Å². The van der Waals surface area contributed by atoms with Crippen LogP contribution in [0.3, 0.4) is 0 Å². The molecule has 2 aromatic carbocycles. The van der Waals surface area contributed by atoms with Crippen molar-refractivity contribution in [2.24, 2.45) is 5.10 Å². The Morgan fingerprint density at radius 2 is 1.71 bits per heavy atom. The average Bonchev–Trinajstić information content (AvgIpc) is 2.55. The summed E-state index contributed by atoms with van der Waals surface area (Å²) in [6.45, 7) is 1.40. The number of anilines is 1. The lowest BCUT2D eigenvalue weighted by Crippen LogP contribution is -2.17. The number of nitrogens with one attached hydrogen (secondary N) is 2. The van der Waals surface area contributed by atoms with Gasteiger partial charge in [-0.3, -0.25) is 19.7 Å². The topological polar surface area (TPSA) is 114 Å². The first-order chi connectivity index (χ1) is 11.5. The van der Waals surface area contributed by atoms with Crippen molar-refractivity contribution in [1.82, 2.24) is 5.43 Å². The van der Waals surface area contributed by atoms with E-state index in [1.54, 1.807) is 24.3 Å². The summed E-state index contributed by atoms with van der Waals surface area (Å²) in [5.41, 5.74) is 3.92. The van der Waals surface area contributed by atoms with Gasteiger partial charge in [0.25, 0.3) is 11.6 Å². The van der Waals surface area contributed by atoms with Gasteiger partial charge in [-0.05, 0) is 42.0 Å². The molecule has 0 spiro atoms. The number of hydrogen-bond acceptors (Lipinski definition) is 5. The number of rotatable bonds is 5. The summed E-state index contributed by atoms with van der Waals surface area (Å²) in [6.07, 6.45) is 1.38. The Labute approximate surface area is 137 Å². The fourth-order valence-corrected chi connectivity index (χ4v) is 1.82. The first-order valence-electron chi connectivity index (χ1n) is 6.91. The van der Waals surface area contributed by atoms with Gasteiger partial charge in [-0.15, -0.1) is 0 Å². The molecule has 0 fully saturated rings. The van der Waals surface area contributed by atoms with Crippen molar-refractivity contribution in [1.29, 1.82) is 0 Å². The number of nitro benzene ring substituents is 1. The second-order valence-corrected chi connectivity index (χ2v) is 4.81. The number of amides is 2. The van der Waals surface area contributed by atoms with Gasteiger partial charge in [0.1, 0.15) is 0 Å². The van der Waals surface area contributed by atoms with Crippen LogP contribution in [0.5, 0.6) is 0 Å². The van der Waals surface area contributed by atoms with Crippen LogP contribution in [-0.2, 0) is 4.79 Å². The first-order valence-corrected chi connectivity index (χ1v) is 6.91. The summed E-state index contributed by atoms with van der Waals surface area (Å²) in [5, 5.41) is 16.9. The number of non-ortho nitro benzene ring substituents is 1. The van der Waals surface area contributed by atoms with E-state index in [1.807, 2.05) is 0 Å². The molecule has 0 aliphatic carbocycles. The van der Waals surface area contributed by atoms with E-state index in [-0.39, 0.29) is 11.6 Å². The van der Waals surface area contributed by atoms with Crippen LogP contribution in [0.2, 0.25) is 0 Å². The van der Waals surface area contributed by atoms with Crippen molar-refractivity contribution in [3.8, 4) is 0 Å². The largest absolute Gasteiger partial charge is 0.326 e. The molecule has 0 bridgehead atoms. The van der Waals surface area contributed by atoms with Crippen LogP contribution >= 0.6 is 0 Å². The van der Waals surface area contributed by atoms with Gasteiger partial charge in [-0.1, -0.05) is 0 Å². The SMILES string of the molecule is CC(=O)Nc1ccc(C(=O)N/N=C/c2ccc([N+](=O)[O-])cc2)cc1. The van der Waals surface area contributed by atoms with Crippen molar-refractivity contribution >= 4 is 29.4 Å². The molecule has 122 valence electrons. The molecule has 2 N–H and O–H groups in total. The third-order valence-electron chi connectivity index (χ3n) is 2.95. The highest BCUT2D eigenvalue weighted by Gasteiger charge is 2.05. The molecule has 2 amide bonds. The molecule has 2 rings (SSSR count). The van der Waals surface area contributed by atoms with E-state index in [4.69, 9.17) is 0 Å². The van der Waals surface area contributed by atoms with Gasteiger partial charge in [-0.2, -0.15) is 5.10 Å². The van der Waals surface area contributed by atoms with Crippen LogP contribution in [0.15, 0.2) is 53.6 Å². The zero-order chi connectivity index (χ0) is 17.5. The van der Waals surface area contributed by atoms with Gasteiger partial charge >= 0.3 is 0 Å². The third kappa shape index (κ3) is 4.73. The minimum absolute atomic E-state index is 0.0181. The zero-order valence-electron chi connectivity index (χ0n) is 12.7. The van der Waals surface area contributed by atoms with Crippen LogP contribution in [0.25, 0.3) is 0 Å². The van der Waals surface area contributed by atoms with Gasteiger partial charge in [0, 0.05) is 30.3 Å². The minimum atomic E-state index is -0.493. The summed E-state index contributed by atoms with van der Waals surface area (Å²) < 4.78 is 0. The van der Waals surface area contributed by atoms with Crippen LogP contribution in [0.1, 0.15) is 22.8 Å². The molecule has 0 unspecified atom stereocenters. The van der Waals surface area contributed by atoms with E-state index in [2.05, 4.69) is 15.8 Å². The highest BCUT2D eigenvalue weighted by atomic mass is 16.6. The highest BCUT2D eigenvalue weighted by Crippen LogP contribution is 2.11. The minimum Gasteiger partial charge on any atom is -0.326 e. The van der Waals surface area contributed by atoms with E-state index in [0.717, 1.165) is 0 Å². The molecule has 0 heterocycles. The Kier molecular flexibility index (Phi) is 5.35. The second kappa shape index (κ2) is 7.63. The fraction of sp³-hybridized carbons (Fsp3) is 0.0625. The van der Waals surface area contributed by atoms with Gasteiger partial charge in [0.15, 0.2) is 0 Å². The summed E-state index contributed by atoms with van der Waals surface area (Å²) in [4.78, 5) is 32.9. The van der Waals surface area contributed by atoms with E-state index in [9.17, 15) is 19.7 Å². The Hall–Kier alpha value is -3.55. The number of carbonyl (C=O) groups excluding carboxylic acids is 2. The van der Waals surface area contributed by atoms with E-state index >= 15 is 0 Å². The lowest BCUT2D eigenvalue weighted by molar-refractivity contribution is -0.384. The monoisotopic (exact) mass is 326 g/mol. The molecule has 2 aromatic rings. The predicted molar refractivity (Wildman–Crippen MR) is 88.9 cm³/mol. The number of carbonyl (C=O) groups is 2. The number of benzene rings is 2. The van der Waals surface area contributed by atoms with Crippen molar-refractivity contribution in [2.75, 3.05) is 5.32 Å². The molecule has 0 aliphatic rings. The number of nitrogens with zero attached hydrogens (tertiary/aromatic N) is 2. The first kappa shape index (κ1) is 16.8. The Morgan fingerprint density at radius 3 is 2.25 bits per heavy atom. The molecular formula is C16H14N4O4. The van der Waals surface area contributed by atoms with Crippen LogP contribution in [0.4, 0.5) is 11.4 Å².